The largest absolute Gasteiger partial charge is 0.481 e. The molecule has 340 valence electrons. The van der Waals surface area contributed by atoms with Gasteiger partial charge in [-0.2, -0.15) is 0 Å². The van der Waals surface area contributed by atoms with Gasteiger partial charge in [-0.3, -0.25) is 43.3 Å². The molecule has 3 aliphatic heterocycles. The third-order valence-electron chi connectivity index (χ3n) is 10.9. The van der Waals surface area contributed by atoms with Crippen molar-refractivity contribution in [2.75, 3.05) is 39.3 Å². The lowest BCUT2D eigenvalue weighted by Gasteiger charge is -2.32. The number of amides is 7. The highest BCUT2D eigenvalue weighted by atomic mass is 16.4. The van der Waals surface area contributed by atoms with Crippen LogP contribution in [0.4, 0.5) is 0 Å². The van der Waals surface area contributed by atoms with Crippen molar-refractivity contribution in [1.29, 1.82) is 0 Å². The quantitative estimate of drug-likeness (QED) is 0.0317. The number of carbonyl (C=O) groups excluding carboxylic acids is 7. The molecule has 0 bridgehead atoms. The fraction of sp³-hybridized carbons (Fsp3) is 0.590. The van der Waals surface area contributed by atoms with Crippen LogP contribution >= 0.6 is 0 Å². The number of aliphatic imine (C=N–C) groups is 1. The lowest BCUT2D eigenvalue weighted by molar-refractivity contribution is -0.148. The summed E-state index contributed by atoms with van der Waals surface area (Å²) in [5.74, 6) is -8.00. The number of hydrogen-bond donors (Lipinski definition) is 10. The molecule has 13 N–H and O–H groups in total. The molecule has 3 heterocycles. The third kappa shape index (κ3) is 13.3. The second-order valence-corrected chi connectivity index (χ2v) is 15.4. The molecule has 7 atom stereocenters. The Morgan fingerprint density at radius 2 is 1.34 bits per heavy atom. The smallest absolute Gasteiger partial charge is 0.326 e. The number of nitrogens with zero attached hydrogens (tertiary/aromatic N) is 4. The zero-order valence-electron chi connectivity index (χ0n) is 34.3. The number of carbonyl (C=O) groups is 9. The van der Waals surface area contributed by atoms with Crippen LogP contribution in [0.5, 0.6) is 0 Å². The molecule has 1 aromatic carbocycles. The first-order chi connectivity index (χ1) is 29.5. The number of benzene rings is 1. The topological polar surface area (TPSA) is 363 Å². The van der Waals surface area contributed by atoms with Crippen LogP contribution in [0.3, 0.4) is 0 Å². The Labute approximate surface area is 357 Å². The van der Waals surface area contributed by atoms with Gasteiger partial charge in [-0.1, -0.05) is 30.3 Å². The molecule has 1 aromatic rings. The van der Waals surface area contributed by atoms with Gasteiger partial charge in [0.1, 0.15) is 36.3 Å². The van der Waals surface area contributed by atoms with Gasteiger partial charge < -0.3 is 68.5 Å². The highest BCUT2D eigenvalue weighted by molar-refractivity contribution is 5.97. The Morgan fingerprint density at radius 1 is 0.742 bits per heavy atom. The van der Waals surface area contributed by atoms with Crippen LogP contribution in [-0.4, -0.2) is 171 Å². The van der Waals surface area contributed by atoms with E-state index in [0.717, 1.165) is 4.90 Å². The molecule has 23 nitrogen and oxygen atoms in total. The number of nitrogens with one attached hydrogen (secondary N) is 4. The first-order valence-corrected chi connectivity index (χ1v) is 20.5. The number of aliphatic carboxylic acids is 2. The van der Waals surface area contributed by atoms with E-state index in [1.165, 1.54) is 9.80 Å². The fourth-order valence-corrected chi connectivity index (χ4v) is 7.83. The summed E-state index contributed by atoms with van der Waals surface area (Å²) in [5.41, 5.74) is 17.5. The summed E-state index contributed by atoms with van der Waals surface area (Å²) in [5, 5.41) is 38.2. The summed E-state index contributed by atoms with van der Waals surface area (Å²) in [6.45, 7) is -0.610. The highest BCUT2D eigenvalue weighted by Crippen LogP contribution is 2.26. The Hall–Kier alpha value is -6.36. The molecule has 23 heteroatoms. The maximum atomic E-state index is 13.8. The van der Waals surface area contributed by atoms with E-state index in [1.54, 1.807) is 30.3 Å². The predicted molar refractivity (Wildman–Crippen MR) is 218 cm³/mol. The molecule has 0 unspecified atom stereocenters. The van der Waals surface area contributed by atoms with Crippen LogP contribution in [0.1, 0.15) is 63.4 Å². The molecule has 62 heavy (non-hydrogen) atoms. The molecular weight excluding hydrogens is 814 g/mol. The monoisotopic (exact) mass is 871 g/mol. The van der Waals surface area contributed by atoms with Crippen LogP contribution in [0, 0.1) is 0 Å². The van der Waals surface area contributed by atoms with Crippen molar-refractivity contribution in [1.82, 2.24) is 36.0 Å². The summed E-state index contributed by atoms with van der Waals surface area (Å²) in [7, 11) is 0. The average Bonchev–Trinajstić information content (AvgIpc) is 4.04. The van der Waals surface area contributed by atoms with Crippen molar-refractivity contribution < 1.29 is 58.5 Å². The van der Waals surface area contributed by atoms with Crippen LogP contribution in [-0.2, 0) is 49.6 Å². The molecule has 0 aromatic heterocycles. The van der Waals surface area contributed by atoms with Gasteiger partial charge in [-0.15, -0.1) is 0 Å². The number of carboxylic acids is 2. The van der Waals surface area contributed by atoms with Gasteiger partial charge in [-0.05, 0) is 56.9 Å². The van der Waals surface area contributed by atoms with Crippen LogP contribution < -0.4 is 38.5 Å². The van der Waals surface area contributed by atoms with Gasteiger partial charge in [-0.25, -0.2) is 4.79 Å². The molecule has 3 saturated heterocycles. The van der Waals surface area contributed by atoms with Gasteiger partial charge in [0.2, 0.25) is 41.4 Å². The fourth-order valence-electron chi connectivity index (χ4n) is 7.83. The van der Waals surface area contributed by atoms with Crippen molar-refractivity contribution in [3.8, 4) is 0 Å². The minimum Gasteiger partial charge on any atom is -0.481 e. The normalized spacial score (nSPS) is 20.3. The average molecular weight is 872 g/mol. The van der Waals surface area contributed by atoms with Gasteiger partial charge in [0.25, 0.3) is 0 Å². The van der Waals surface area contributed by atoms with E-state index in [2.05, 4.69) is 26.3 Å². The van der Waals surface area contributed by atoms with Crippen molar-refractivity contribution in [2.24, 2.45) is 22.2 Å². The van der Waals surface area contributed by atoms with E-state index in [9.17, 15) is 53.4 Å². The van der Waals surface area contributed by atoms with Crippen molar-refractivity contribution in [3.05, 3.63) is 35.9 Å². The number of carboxylic acid groups (broad SMARTS) is 2. The maximum Gasteiger partial charge on any atom is 0.326 e. The van der Waals surface area contributed by atoms with Crippen LogP contribution in [0.2, 0.25) is 0 Å². The minimum atomic E-state index is -1.76. The number of likely N-dealkylation sites (tertiary alicyclic amines) is 3. The Kier molecular flexibility index (Phi) is 17.9. The summed E-state index contributed by atoms with van der Waals surface area (Å²) in [4.78, 5) is 125. The van der Waals surface area contributed by atoms with Crippen molar-refractivity contribution >= 4 is 59.2 Å². The van der Waals surface area contributed by atoms with Gasteiger partial charge in [0.15, 0.2) is 5.96 Å². The number of hydrogen-bond acceptors (Lipinski definition) is 12. The second-order valence-electron chi connectivity index (χ2n) is 15.4. The Morgan fingerprint density at radius 3 is 1.94 bits per heavy atom. The van der Waals surface area contributed by atoms with E-state index in [0.29, 0.717) is 63.6 Å². The highest BCUT2D eigenvalue weighted by Gasteiger charge is 2.43. The molecule has 3 aliphatic rings. The standard InChI is InChI=1S/C39H57N11O12/c40-23(10-4-14-43-39(41)42)35(58)50-17-7-13-29(50)37(60)49-16-5-11-27(49)33(56)44-20-30(52)45-24(18-22-8-2-1-3-9-22)32(55)47-26(21-51)36(59)48-15-6-12-28(48)34(57)46-25(38(61)62)19-31(53)54/h1-3,8-9,23-29,51H,4-7,10-21,40H2,(H,44,56)(H,45,52)(H,46,57)(H,47,55)(H,53,54)(H,61,62)(H4,41,42,43)/t23-,24-,25-,26-,27-,28-,29-/m0/s1. The number of rotatable bonds is 21. The predicted octanol–water partition coefficient (Wildman–Crippen LogP) is -4.29. The zero-order valence-corrected chi connectivity index (χ0v) is 34.3. The van der Waals surface area contributed by atoms with E-state index in [-0.39, 0.29) is 37.8 Å². The van der Waals surface area contributed by atoms with Crippen molar-refractivity contribution in [2.45, 2.75) is 107 Å². The Balaban J connectivity index is 1.37. The maximum absolute atomic E-state index is 13.8. The van der Waals surface area contributed by atoms with E-state index in [1.807, 2.05) is 0 Å². The molecule has 0 spiro atoms. The van der Waals surface area contributed by atoms with E-state index in [4.69, 9.17) is 22.3 Å². The SMILES string of the molecule is NC(N)=NCCC[C@H](N)C(=O)N1CCC[C@H]1C(=O)N1CCC[C@H]1C(=O)NCC(=O)N[C@@H](Cc1ccccc1)C(=O)N[C@@H](CO)C(=O)N1CCC[C@H]1C(=O)N[C@@H](CC(=O)O)C(=O)O. The Bertz CT molecular complexity index is 1850. The van der Waals surface area contributed by atoms with Gasteiger partial charge in [0.05, 0.1) is 25.6 Å². The lowest BCUT2D eigenvalue weighted by atomic mass is 10.0. The lowest BCUT2D eigenvalue weighted by Crippen LogP contribution is -2.59. The summed E-state index contributed by atoms with van der Waals surface area (Å²) >= 11 is 0. The van der Waals surface area contributed by atoms with E-state index < -0.39 is 109 Å². The van der Waals surface area contributed by atoms with Crippen molar-refractivity contribution in [3.63, 3.8) is 0 Å². The molecule has 7 amide bonds. The molecule has 0 saturated carbocycles. The number of aliphatic hydroxyl groups is 1. The summed E-state index contributed by atoms with van der Waals surface area (Å²) in [6, 6.07) is 0.0279. The third-order valence-corrected chi connectivity index (χ3v) is 10.9. The molecule has 3 fully saturated rings. The first kappa shape index (κ1) is 48.3. The molecule has 4 rings (SSSR count). The van der Waals surface area contributed by atoms with Crippen LogP contribution in [0.15, 0.2) is 35.3 Å². The minimum absolute atomic E-state index is 0.0157. The first-order valence-electron chi connectivity index (χ1n) is 20.5. The summed E-state index contributed by atoms with van der Waals surface area (Å²) in [6.07, 6.45) is 1.96. The number of guanidine groups is 1. The zero-order chi connectivity index (χ0) is 45.5. The molecular formula is C39H57N11O12. The second kappa shape index (κ2) is 23.0. The molecule has 0 aliphatic carbocycles. The van der Waals surface area contributed by atoms with Gasteiger partial charge in [0, 0.05) is 32.6 Å². The summed E-state index contributed by atoms with van der Waals surface area (Å²) < 4.78 is 0. The number of aliphatic hydroxyl groups excluding tert-OH is 1. The van der Waals surface area contributed by atoms with Gasteiger partial charge >= 0.3 is 11.9 Å². The van der Waals surface area contributed by atoms with Crippen LogP contribution in [0.25, 0.3) is 0 Å². The number of nitrogens with two attached hydrogens (primary N) is 3. The van der Waals surface area contributed by atoms with E-state index >= 15 is 0 Å². The molecule has 0 radical (unpaired) electrons.